The molecule has 2 aromatic rings. The lowest BCUT2D eigenvalue weighted by Gasteiger charge is -2.18. The van der Waals surface area contributed by atoms with Gasteiger partial charge in [-0.1, -0.05) is 26.7 Å². The molecule has 0 saturated heterocycles. The van der Waals surface area contributed by atoms with Gasteiger partial charge in [0.2, 0.25) is 0 Å². The second-order valence-electron chi connectivity index (χ2n) is 4.72. The standard InChI is InChI=1S/C13H14N2/c1-5-9-7-14-12-11(9)6-10(8-15-12)13(2,3)4/h1,6-8H,2-4H3,(H,14,15). The molecule has 76 valence electrons. The van der Waals surface area contributed by atoms with E-state index < -0.39 is 0 Å². The molecule has 0 aromatic carbocycles. The number of terminal acetylenes is 1. The van der Waals surface area contributed by atoms with Crippen LogP contribution in [0, 0.1) is 12.3 Å². The van der Waals surface area contributed by atoms with Crippen LogP contribution in [0.15, 0.2) is 18.5 Å². The molecule has 0 aliphatic heterocycles. The van der Waals surface area contributed by atoms with E-state index in [1.165, 1.54) is 5.56 Å². The van der Waals surface area contributed by atoms with Gasteiger partial charge in [-0.25, -0.2) is 4.98 Å². The molecule has 0 bridgehead atoms. The van der Waals surface area contributed by atoms with E-state index >= 15 is 0 Å². The smallest absolute Gasteiger partial charge is 0.138 e. The van der Waals surface area contributed by atoms with Gasteiger partial charge >= 0.3 is 0 Å². The third-order valence-electron chi connectivity index (χ3n) is 2.55. The number of H-pyrrole nitrogens is 1. The van der Waals surface area contributed by atoms with Crippen LogP contribution in [-0.2, 0) is 5.41 Å². The van der Waals surface area contributed by atoms with Gasteiger partial charge in [-0.05, 0) is 17.0 Å². The third-order valence-corrected chi connectivity index (χ3v) is 2.55. The number of rotatable bonds is 0. The Hall–Kier alpha value is -1.75. The first-order chi connectivity index (χ1) is 7.02. The maximum atomic E-state index is 5.42. The monoisotopic (exact) mass is 198 g/mol. The van der Waals surface area contributed by atoms with Crippen LogP contribution in [-0.4, -0.2) is 9.97 Å². The van der Waals surface area contributed by atoms with Crippen LogP contribution >= 0.6 is 0 Å². The van der Waals surface area contributed by atoms with Gasteiger partial charge in [0, 0.05) is 17.8 Å². The summed E-state index contributed by atoms with van der Waals surface area (Å²) in [5, 5.41) is 1.03. The molecule has 0 spiro atoms. The fourth-order valence-corrected chi connectivity index (χ4v) is 1.53. The Morgan fingerprint density at radius 2 is 2.13 bits per heavy atom. The van der Waals surface area contributed by atoms with Crippen molar-refractivity contribution in [2.75, 3.05) is 0 Å². The molecule has 1 N–H and O–H groups in total. The van der Waals surface area contributed by atoms with Crippen LogP contribution in [0.4, 0.5) is 0 Å². The van der Waals surface area contributed by atoms with Crippen molar-refractivity contribution in [3.05, 3.63) is 29.6 Å². The molecule has 2 heteroatoms. The van der Waals surface area contributed by atoms with Crippen LogP contribution < -0.4 is 0 Å². The SMILES string of the molecule is C#Cc1c[nH]c2ncc(C(C)(C)C)cc12. The molecule has 2 aromatic heterocycles. The Bertz CT molecular complexity index is 536. The molecule has 0 unspecified atom stereocenters. The summed E-state index contributed by atoms with van der Waals surface area (Å²) in [4.78, 5) is 7.43. The summed E-state index contributed by atoms with van der Waals surface area (Å²) in [5.41, 5.74) is 3.04. The highest BCUT2D eigenvalue weighted by atomic mass is 14.8. The molecule has 0 aliphatic rings. The number of nitrogens with one attached hydrogen (secondary N) is 1. The van der Waals surface area contributed by atoms with Crippen molar-refractivity contribution in [3.8, 4) is 12.3 Å². The van der Waals surface area contributed by atoms with Crippen LogP contribution in [0.25, 0.3) is 11.0 Å². The second kappa shape index (κ2) is 3.13. The highest BCUT2D eigenvalue weighted by Gasteiger charge is 2.15. The van der Waals surface area contributed by atoms with E-state index in [0.29, 0.717) is 0 Å². The Kier molecular flexibility index (Phi) is 2.04. The zero-order valence-corrected chi connectivity index (χ0v) is 9.26. The van der Waals surface area contributed by atoms with Crippen LogP contribution in [0.3, 0.4) is 0 Å². The summed E-state index contributed by atoms with van der Waals surface area (Å²) in [7, 11) is 0. The minimum atomic E-state index is 0.102. The first-order valence-electron chi connectivity index (χ1n) is 4.96. The average Bonchev–Trinajstić information content (AvgIpc) is 2.57. The molecule has 0 radical (unpaired) electrons. The lowest BCUT2D eigenvalue weighted by atomic mass is 9.88. The molecule has 0 amide bonds. The summed E-state index contributed by atoms with van der Waals surface area (Å²) >= 11 is 0. The number of hydrogen-bond donors (Lipinski definition) is 1. The Morgan fingerprint density at radius 3 is 2.73 bits per heavy atom. The Morgan fingerprint density at radius 1 is 1.40 bits per heavy atom. The minimum absolute atomic E-state index is 0.102. The zero-order chi connectivity index (χ0) is 11.1. The topological polar surface area (TPSA) is 28.7 Å². The first kappa shape index (κ1) is 9.79. The minimum Gasteiger partial charge on any atom is -0.345 e. The maximum Gasteiger partial charge on any atom is 0.138 e. The summed E-state index contributed by atoms with van der Waals surface area (Å²) in [6.07, 6.45) is 9.15. The predicted molar refractivity (Wildman–Crippen MR) is 62.7 cm³/mol. The molecule has 2 rings (SSSR count). The van der Waals surface area contributed by atoms with Crippen LogP contribution in [0.2, 0.25) is 0 Å². The van der Waals surface area contributed by atoms with Crippen molar-refractivity contribution in [1.29, 1.82) is 0 Å². The Labute approximate surface area is 89.7 Å². The molecule has 2 nitrogen and oxygen atoms in total. The molecule has 0 fully saturated rings. The van der Waals surface area contributed by atoms with Gasteiger partial charge in [0.25, 0.3) is 0 Å². The fourth-order valence-electron chi connectivity index (χ4n) is 1.53. The lowest BCUT2D eigenvalue weighted by molar-refractivity contribution is 0.588. The van der Waals surface area contributed by atoms with E-state index in [9.17, 15) is 0 Å². The van der Waals surface area contributed by atoms with Gasteiger partial charge in [0.1, 0.15) is 5.65 Å². The summed E-state index contributed by atoms with van der Waals surface area (Å²) in [6.45, 7) is 6.49. The molecule has 0 atom stereocenters. The van der Waals surface area contributed by atoms with Crippen LogP contribution in [0.5, 0.6) is 0 Å². The van der Waals surface area contributed by atoms with Gasteiger partial charge in [-0.3, -0.25) is 0 Å². The van der Waals surface area contributed by atoms with Crippen LogP contribution in [0.1, 0.15) is 31.9 Å². The summed E-state index contributed by atoms with van der Waals surface area (Å²) < 4.78 is 0. The van der Waals surface area contributed by atoms with Crippen molar-refractivity contribution < 1.29 is 0 Å². The molecule has 2 heterocycles. The highest BCUT2D eigenvalue weighted by Crippen LogP contribution is 2.25. The lowest BCUT2D eigenvalue weighted by Crippen LogP contribution is -2.11. The molecule has 15 heavy (non-hydrogen) atoms. The van der Waals surface area contributed by atoms with Crippen molar-refractivity contribution >= 4 is 11.0 Å². The van der Waals surface area contributed by atoms with E-state index in [1.54, 1.807) is 0 Å². The average molecular weight is 198 g/mol. The first-order valence-corrected chi connectivity index (χ1v) is 4.96. The second-order valence-corrected chi connectivity index (χ2v) is 4.72. The zero-order valence-electron chi connectivity index (χ0n) is 9.26. The van der Waals surface area contributed by atoms with Crippen molar-refractivity contribution in [1.82, 2.24) is 9.97 Å². The number of nitrogens with zero attached hydrogens (tertiary/aromatic N) is 1. The van der Waals surface area contributed by atoms with E-state index in [0.717, 1.165) is 16.6 Å². The number of pyridine rings is 1. The van der Waals surface area contributed by atoms with Crippen molar-refractivity contribution in [2.45, 2.75) is 26.2 Å². The molecule has 0 saturated carbocycles. The number of hydrogen-bond acceptors (Lipinski definition) is 1. The van der Waals surface area contributed by atoms with Gasteiger partial charge in [0.15, 0.2) is 0 Å². The number of aromatic nitrogens is 2. The fraction of sp³-hybridized carbons (Fsp3) is 0.308. The molecular weight excluding hydrogens is 184 g/mol. The van der Waals surface area contributed by atoms with Gasteiger partial charge in [-0.2, -0.15) is 0 Å². The largest absolute Gasteiger partial charge is 0.345 e. The van der Waals surface area contributed by atoms with E-state index in [2.05, 4.69) is 42.7 Å². The Balaban J connectivity index is 2.69. The normalized spacial score (nSPS) is 11.6. The van der Waals surface area contributed by atoms with E-state index in [-0.39, 0.29) is 5.41 Å². The maximum absolute atomic E-state index is 5.42. The van der Waals surface area contributed by atoms with Gasteiger partial charge in [-0.15, -0.1) is 6.42 Å². The van der Waals surface area contributed by atoms with Crippen molar-refractivity contribution in [3.63, 3.8) is 0 Å². The van der Waals surface area contributed by atoms with E-state index in [4.69, 9.17) is 6.42 Å². The molecular formula is C13H14N2. The number of aromatic amines is 1. The summed E-state index contributed by atoms with van der Waals surface area (Å²) in [5.74, 6) is 2.66. The molecule has 0 aliphatic carbocycles. The quantitative estimate of drug-likeness (QED) is 0.648. The third kappa shape index (κ3) is 1.61. The van der Waals surface area contributed by atoms with Gasteiger partial charge < -0.3 is 4.98 Å². The van der Waals surface area contributed by atoms with Crippen molar-refractivity contribution in [2.24, 2.45) is 0 Å². The summed E-state index contributed by atoms with van der Waals surface area (Å²) in [6, 6.07) is 2.12. The number of fused-ring (bicyclic) bond motifs is 1. The van der Waals surface area contributed by atoms with E-state index in [1.807, 2.05) is 12.4 Å². The van der Waals surface area contributed by atoms with Gasteiger partial charge in [0.05, 0.1) is 5.56 Å². The highest BCUT2D eigenvalue weighted by molar-refractivity contribution is 5.83. The predicted octanol–water partition coefficient (Wildman–Crippen LogP) is 2.84.